The molecule has 2 heterocycles. The van der Waals surface area contributed by atoms with E-state index in [9.17, 15) is 5.11 Å². The average Bonchev–Trinajstić information content (AvgIpc) is 2.57. The summed E-state index contributed by atoms with van der Waals surface area (Å²) in [7, 11) is -0.562. The lowest BCUT2D eigenvalue weighted by Crippen LogP contribution is -2.41. The van der Waals surface area contributed by atoms with Gasteiger partial charge in [-0.3, -0.25) is 0 Å². The van der Waals surface area contributed by atoms with Crippen molar-refractivity contribution in [3.63, 3.8) is 0 Å². The molecule has 0 saturated carbocycles. The number of hydrogen-bond donors (Lipinski definition) is 1. The van der Waals surface area contributed by atoms with Gasteiger partial charge in [-0.15, -0.1) is 0 Å². The standard InChI is InChI=1S/C14H21BN2O3/c1-10-6-7-12(17-16-10)8-11(9-18)15-19-13(2,3)14(4,5)20-15/h6-8,18H,9H2,1-5H3. The molecular weight excluding hydrogens is 255 g/mol. The summed E-state index contributed by atoms with van der Waals surface area (Å²) < 4.78 is 11.8. The molecule has 1 fully saturated rings. The second kappa shape index (κ2) is 5.28. The molecule has 0 spiro atoms. The fourth-order valence-electron chi connectivity index (χ4n) is 1.86. The van der Waals surface area contributed by atoms with E-state index in [2.05, 4.69) is 10.2 Å². The van der Waals surface area contributed by atoms with Crippen LogP contribution in [0.3, 0.4) is 0 Å². The molecule has 0 unspecified atom stereocenters. The van der Waals surface area contributed by atoms with Crippen molar-refractivity contribution in [2.24, 2.45) is 0 Å². The van der Waals surface area contributed by atoms with E-state index in [0.29, 0.717) is 11.2 Å². The molecule has 108 valence electrons. The van der Waals surface area contributed by atoms with Crippen molar-refractivity contribution in [1.29, 1.82) is 0 Å². The van der Waals surface area contributed by atoms with Crippen molar-refractivity contribution >= 4 is 13.2 Å². The van der Waals surface area contributed by atoms with Crippen molar-refractivity contribution < 1.29 is 14.4 Å². The molecule has 2 rings (SSSR count). The molecular formula is C14H21BN2O3. The van der Waals surface area contributed by atoms with Crippen molar-refractivity contribution in [3.05, 3.63) is 29.0 Å². The topological polar surface area (TPSA) is 64.5 Å². The van der Waals surface area contributed by atoms with Gasteiger partial charge < -0.3 is 14.4 Å². The van der Waals surface area contributed by atoms with Crippen molar-refractivity contribution in [2.75, 3.05) is 6.61 Å². The van der Waals surface area contributed by atoms with E-state index >= 15 is 0 Å². The first-order valence-electron chi connectivity index (χ1n) is 6.72. The van der Waals surface area contributed by atoms with E-state index in [4.69, 9.17) is 9.31 Å². The normalized spacial score (nSPS) is 21.3. The number of nitrogens with zero attached hydrogens (tertiary/aromatic N) is 2. The average molecular weight is 276 g/mol. The Morgan fingerprint density at radius 2 is 1.80 bits per heavy atom. The molecule has 0 aliphatic carbocycles. The summed E-state index contributed by atoms with van der Waals surface area (Å²) in [5.41, 5.74) is 1.31. The number of aryl methyl sites for hydroxylation is 1. The van der Waals surface area contributed by atoms with Crippen molar-refractivity contribution in [1.82, 2.24) is 10.2 Å². The van der Waals surface area contributed by atoms with Crippen molar-refractivity contribution in [2.45, 2.75) is 45.8 Å². The second-order valence-electron chi connectivity index (χ2n) is 6.07. The van der Waals surface area contributed by atoms with Gasteiger partial charge in [0.15, 0.2) is 0 Å². The fourth-order valence-corrected chi connectivity index (χ4v) is 1.86. The molecule has 1 N–H and O–H groups in total. The molecule has 1 aromatic heterocycles. The van der Waals surface area contributed by atoms with E-state index in [1.807, 2.05) is 46.8 Å². The lowest BCUT2D eigenvalue weighted by atomic mass is 9.78. The largest absolute Gasteiger partial charge is 0.492 e. The predicted molar refractivity (Wildman–Crippen MR) is 77.9 cm³/mol. The number of rotatable bonds is 3. The van der Waals surface area contributed by atoms with E-state index in [-0.39, 0.29) is 6.61 Å². The summed E-state index contributed by atoms with van der Waals surface area (Å²) in [5.74, 6) is 0. The van der Waals surface area contributed by atoms with Gasteiger partial charge in [-0.25, -0.2) is 0 Å². The highest BCUT2D eigenvalue weighted by atomic mass is 16.7. The number of aromatic nitrogens is 2. The zero-order valence-corrected chi connectivity index (χ0v) is 12.7. The smallest absolute Gasteiger partial charge is 0.400 e. The first kappa shape index (κ1) is 15.2. The van der Waals surface area contributed by atoms with E-state index < -0.39 is 18.3 Å². The van der Waals surface area contributed by atoms with Crippen LogP contribution in [0.25, 0.3) is 6.08 Å². The third-order valence-corrected chi connectivity index (χ3v) is 3.89. The van der Waals surface area contributed by atoms with Crippen LogP contribution in [0, 0.1) is 6.92 Å². The van der Waals surface area contributed by atoms with E-state index in [1.165, 1.54) is 0 Å². The Hall–Kier alpha value is -1.24. The number of aliphatic hydroxyl groups is 1. The molecule has 0 aromatic carbocycles. The van der Waals surface area contributed by atoms with Crippen molar-refractivity contribution in [3.8, 4) is 0 Å². The minimum Gasteiger partial charge on any atom is -0.400 e. The summed E-state index contributed by atoms with van der Waals surface area (Å²) in [6.07, 6.45) is 1.76. The zero-order chi connectivity index (χ0) is 15.0. The maximum Gasteiger partial charge on any atom is 0.492 e. The summed E-state index contributed by atoms with van der Waals surface area (Å²) in [6, 6.07) is 3.72. The lowest BCUT2D eigenvalue weighted by molar-refractivity contribution is 0.00578. The molecule has 0 radical (unpaired) electrons. The maximum absolute atomic E-state index is 9.57. The molecule has 1 saturated heterocycles. The van der Waals surface area contributed by atoms with Gasteiger partial charge in [0.1, 0.15) is 0 Å². The van der Waals surface area contributed by atoms with Gasteiger partial charge in [0.25, 0.3) is 0 Å². The van der Waals surface area contributed by atoms with Gasteiger partial charge in [0, 0.05) is 0 Å². The third kappa shape index (κ3) is 2.92. The molecule has 6 heteroatoms. The molecule has 1 aromatic rings. The van der Waals surface area contributed by atoms with Gasteiger partial charge in [-0.2, -0.15) is 10.2 Å². The van der Waals surface area contributed by atoms with Gasteiger partial charge in [0.05, 0.1) is 29.2 Å². The van der Waals surface area contributed by atoms with Crippen LogP contribution in [-0.4, -0.2) is 40.2 Å². The summed E-state index contributed by atoms with van der Waals surface area (Å²) >= 11 is 0. The van der Waals surface area contributed by atoms with Gasteiger partial charge in [-0.1, -0.05) is 0 Å². The van der Waals surface area contributed by atoms with Crippen LogP contribution in [0.15, 0.2) is 17.6 Å². The SMILES string of the molecule is Cc1ccc(C=C(CO)B2OC(C)(C)C(C)(C)O2)nn1. The van der Waals surface area contributed by atoms with E-state index in [1.54, 1.807) is 6.08 Å². The van der Waals surface area contributed by atoms with Crippen LogP contribution in [0.2, 0.25) is 0 Å². The lowest BCUT2D eigenvalue weighted by Gasteiger charge is -2.32. The molecule has 20 heavy (non-hydrogen) atoms. The Bertz CT molecular complexity index is 496. The first-order valence-corrected chi connectivity index (χ1v) is 6.72. The Kier molecular flexibility index (Phi) is 4.00. The minimum absolute atomic E-state index is 0.146. The van der Waals surface area contributed by atoms with Crippen LogP contribution in [-0.2, 0) is 9.31 Å². The fraction of sp³-hybridized carbons (Fsp3) is 0.571. The van der Waals surface area contributed by atoms with Gasteiger partial charge in [-0.05, 0) is 58.3 Å². The summed E-state index contributed by atoms with van der Waals surface area (Å²) in [5, 5.41) is 17.6. The van der Waals surface area contributed by atoms with Crippen LogP contribution in [0.4, 0.5) is 0 Å². The van der Waals surface area contributed by atoms with Crippen LogP contribution in [0.1, 0.15) is 39.1 Å². The van der Waals surface area contributed by atoms with Gasteiger partial charge >= 0.3 is 7.12 Å². The highest BCUT2D eigenvalue weighted by Gasteiger charge is 2.52. The molecule has 0 amide bonds. The molecule has 1 aliphatic heterocycles. The van der Waals surface area contributed by atoms with Crippen LogP contribution < -0.4 is 0 Å². The van der Waals surface area contributed by atoms with E-state index in [0.717, 1.165) is 5.69 Å². The molecule has 0 atom stereocenters. The summed E-state index contributed by atoms with van der Waals surface area (Å²) in [4.78, 5) is 0. The second-order valence-corrected chi connectivity index (χ2v) is 6.07. The third-order valence-electron chi connectivity index (χ3n) is 3.89. The van der Waals surface area contributed by atoms with Gasteiger partial charge in [0.2, 0.25) is 0 Å². The molecule has 0 bridgehead atoms. The Morgan fingerprint density at radius 1 is 1.20 bits per heavy atom. The molecule has 1 aliphatic rings. The zero-order valence-electron chi connectivity index (χ0n) is 12.7. The maximum atomic E-state index is 9.57. The quantitative estimate of drug-likeness (QED) is 0.853. The molecule has 5 nitrogen and oxygen atoms in total. The number of aliphatic hydroxyl groups excluding tert-OH is 1. The van der Waals surface area contributed by atoms with Crippen LogP contribution in [0.5, 0.6) is 0 Å². The minimum atomic E-state index is -0.562. The highest BCUT2D eigenvalue weighted by molar-refractivity contribution is 6.55. The Labute approximate surface area is 120 Å². The number of hydrogen-bond acceptors (Lipinski definition) is 5. The predicted octanol–water partition coefficient (Wildman–Crippen LogP) is 1.79. The Morgan fingerprint density at radius 3 is 2.25 bits per heavy atom. The summed E-state index contributed by atoms with van der Waals surface area (Å²) in [6.45, 7) is 9.65. The highest BCUT2D eigenvalue weighted by Crippen LogP contribution is 2.38. The first-order chi connectivity index (χ1) is 9.25. The van der Waals surface area contributed by atoms with Crippen LogP contribution >= 0.6 is 0 Å². The Balaban J connectivity index is 2.24. The monoisotopic (exact) mass is 276 g/mol.